The number of ether oxygens (including phenoxy) is 2. The summed E-state index contributed by atoms with van der Waals surface area (Å²) in [4.78, 5) is 24.4. The molecule has 3 rings (SSSR count). The van der Waals surface area contributed by atoms with E-state index in [-0.39, 0.29) is 5.69 Å². The van der Waals surface area contributed by atoms with E-state index >= 15 is 0 Å². The van der Waals surface area contributed by atoms with Crippen LogP contribution in [0.4, 0.5) is 5.69 Å². The first kappa shape index (κ1) is 23.9. The van der Waals surface area contributed by atoms with Gasteiger partial charge in [-0.05, 0) is 69.3 Å². The van der Waals surface area contributed by atoms with Crippen molar-refractivity contribution in [3.8, 4) is 17.2 Å². The van der Waals surface area contributed by atoms with E-state index in [2.05, 4.69) is 20.4 Å². The quantitative estimate of drug-likeness (QED) is 0.308. The summed E-state index contributed by atoms with van der Waals surface area (Å²) in [5.74, 6) is -0.631. The fourth-order valence-electron chi connectivity index (χ4n) is 3.34. The van der Waals surface area contributed by atoms with Crippen molar-refractivity contribution in [2.24, 2.45) is 5.10 Å². The lowest BCUT2D eigenvalue weighted by Crippen LogP contribution is -2.32. The monoisotopic (exact) mass is 468 g/mol. The van der Waals surface area contributed by atoms with Crippen LogP contribution in [0.2, 0.25) is 5.02 Å². The lowest BCUT2D eigenvalue weighted by Gasteiger charge is -2.11. The van der Waals surface area contributed by atoms with Gasteiger partial charge in [-0.3, -0.25) is 9.59 Å². The van der Waals surface area contributed by atoms with Crippen molar-refractivity contribution in [3.05, 3.63) is 70.5 Å². The smallest absolute Gasteiger partial charge is 0.329 e. The molecule has 1 aromatic heterocycles. The minimum atomic E-state index is -0.923. The molecule has 0 aliphatic heterocycles. The molecule has 0 fully saturated rings. The SMILES string of the molecule is CCOc1ccc(-n2c(C)cc(/C=N\NC(=O)C(=O)Nc3cc(Cl)ccc3OC)c2C)cc1. The van der Waals surface area contributed by atoms with E-state index in [9.17, 15) is 9.59 Å². The molecule has 0 bridgehead atoms. The van der Waals surface area contributed by atoms with E-state index in [4.69, 9.17) is 21.1 Å². The van der Waals surface area contributed by atoms with Gasteiger partial charge in [-0.2, -0.15) is 5.10 Å². The molecule has 2 aromatic carbocycles. The van der Waals surface area contributed by atoms with Crippen LogP contribution in [0.15, 0.2) is 53.6 Å². The van der Waals surface area contributed by atoms with Crippen LogP contribution in [0, 0.1) is 13.8 Å². The molecule has 172 valence electrons. The minimum absolute atomic E-state index is 0.285. The highest BCUT2D eigenvalue weighted by molar-refractivity contribution is 6.40. The van der Waals surface area contributed by atoms with Crippen LogP contribution in [-0.4, -0.2) is 36.3 Å². The third-order valence-corrected chi connectivity index (χ3v) is 5.10. The molecule has 2 amide bonds. The van der Waals surface area contributed by atoms with Gasteiger partial charge >= 0.3 is 11.8 Å². The normalized spacial score (nSPS) is 10.8. The average molecular weight is 469 g/mol. The van der Waals surface area contributed by atoms with Gasteiger partial charge in [0.05, 0.1) is 25.6 Å². The molecule has 0 saturated carbocycles. The largest absolute Gasteiger partial charge is 0.495 e. The fourth-order valence-corrected chi connectivity index (χ4v) is 3.51. The van der Waals surface area contributed by atoms with Gasteiger partial charge in [-0.25, -0.2) is 5.43 Å². The maximum Gasteiger partial charge on any atom is 0.329 e. The first-order valence-corrected chi connectivity index (χ1v) is 10.6. The summed E-state index contributed by atoms with van der Waals surface area (Å²) >= 11 is 5.94. The van der Waals surface area contributed by atoms with Crippen molar-refractivity contribution in [1.29, 1.82) is 0 Å². The van der Waals surface area contributed by atoms with E-state index in [0.717, 1.165) is 28.4 Å². The molecule has 9 heteroatoms. The van der Waals surface area contributed by atoms with Crippen LogP contribution in [0.25, 0.3) is 5.69 Å². The fraction of sp³-hybridized carbons (Fsp3) is 0.208. The molecular weight excluding hydrogens is 444 g/mol. The predicted molar refractivity (Wildman–Crippen MR) is 129 cm³/mol. The number of amides is 2. The second-order valence-electron chi connectivity index (χ2n) is 7.09. The number of nitrogens with zero attached hydrogens (tertiary/aromatic N) is 2. The molecule has 0 saturated heterocycles. The zero-order valence-corrected chi connectivity index (χ0v) is 19.6. The Morgan fingerprint density at radius 1 is 1.09 bits per heavy atom. The Kier molecular flexibility index (Phi) is 7.74. The van der Waals surface area contributed by atoms with Gasteiger partial charge in [-0.1, -0.05) is 11.6 Å². The van der Waals surface area contributed by atoms with Gasteiger partial charge in [0.2, 0.25) is 0 Å². The molecule has 0 spiro atoms. The van der Waals surface area contributed by atoms with Crippen LogP contribution in [-0.2, 0) is 9.59 Å². The average Bonchev–Trinajstić information content (AvgIpc) is 3.07. The Labute approximate surface area is 197 Å². The van der Waals surface area contributed by atoms with Gasteiger partial charge < -0.3 is 19.4 Å². The molecular formula is C24H25ClN4O4. The molecule has 0 unspecified atom stereocenters. The second kappa shape index (κ2) is 10.7. The maximum absolute atomic E-state index is 12.2. The number of anilines is 1. The second-order valence-corrected chi connectivity index (χ2v) is 7.52. The van der Waals surface area contributed by atoms with Gasteiger partial charge in [0.25, 0.3) is 0 Å². The summed E-state index contributed by atoms with van der Waals surface area (Å²) in [5.41, 5.74) is 6.24. The van der Waals surface area contributed by atoms with Crippen LogP contribution < -0.4 is 20.2 Å². The molecule has 0 aliphatic rings. The number of nitrogens with one attached hydrogen (secondary N) is 2. The molecule has 8 nitrogen and oxygen atoms in total. The van der Waals surface area contributed by atoms with Crippen molar-refractivity contribution in [2.75, 3.05) is 19.0 Å². The van der Waals surface area contributed by atoms with Crippen LogP contribution in [0.3, 0.4) is 0 Å². The summed E-state index contributed by atoms with van der Waals surface area (Å²) in [7, 11) is 1.45. The highest BCUT2D eigenvalue weighted by atomic mass is 35.5. The lowest BCUT2D eigenvalue weighted by atomic mass is 10.2. The summed E-state index contributed by atoms with van der Waals surface area (Å²) in [6, 6.07) is 14.4. The topological polar surface area (TPSA) is 94.0 Å². The van der Waals surface area contributed by atoms with E-state index in [1.165, 1.54) is 19.4 Å². The summed E-state index contributed by atoms with van der Waals surface area (Å²) < 4.78 is 12.7. The van der Waals surface area contributed by atoms with Crippen molar-refractivity contribution >= 4 is 35.3 Å². The number of rotatable bonds is 7. The Balaban J connectivity index is 1.68. The number of aromatic nitrogens is 1. The first-order chi connectivity index (χ1) is 15.8. The molecule has 33 heavy (non-hydrogen) atoms. The van der Waals surface area contributed by atoms with Gasteiger partial charge in [-0.15, -0.1) is 0 Å². The first-order valence-electron chi connectivity index (χ1n) is 10.2. The van der Waals surface area contributed by atoms with Gasteiger partial charge in [0.15, 0.2) is 0 Å². The molecule has 0 aliphatic carbocycles. The van der Waals surface area contributed by atoms with Gasteiger partial charge in [0.1, 0.15) is 11.5 Å². The number of benzene rings is 2. The summed E-state index contributed by atoms with van der Waals surface area (Å²) in [6.45, 7) is 6.48. The van der Waals surface area contributed by atoms with E-state index < -0.39 is 11.8 Å². The third kappa shape index (κ3) is 5.72. The standard InChI is InChI=1S/C24H25ClN4O4/c1-5-33-20-9-7-19(8-10-20)29-15(2)12-17(16(29)3)14-26-28-24(31)23(30)27-21-13-18(25)6-11-22(21)32-4/h6-14H,5H2,1-4H3,(H,27,30)(H,28,31)/b26-14-. The Morgan fingerprint density at radius 3 is 2.48 bits per heavy atom. The highest BCUT2D eigenvalue weighted by Gasteiger charge is 2.16. The number of halogens is 1. The van der Waals surface area contributed by atoms with Gasteiger partial charge in [0, 0.05) is 27.7 Å². The number of aryl methyl sites for hydroxylation is 1. The number of methoxy groups -OCH3 is 1. The molecule has 2 N–H and O–H groups in total. The number of carbonyl (C=O) groups excluding carboxylic acids is 2. The van der Waals surface area contributed by atoms with Crippen molar-refractivity contribution in [3.63, 3.8) is 0 Å². The van der Waals surface area contributed by atoms with E-state index in [1.807, 2.05) is 51.1 Å². The van der Waals surface area contributed by atoms with Crippen LogP contribution in [0.1, 0.15) is 23.9 Å². The number of carbonyl (C=O) groups is 2. The Morgan fingerprint density at radius 2 is 1.82 bits per heavy atom. The van der Waals surface area contributed by atoms with Crippen molar-refractivity contribution < 1.29 is 19.1 Å². The zero-order valence-electron chi connectivity index (χ0n) is 18.8. The zero-order chi connectivity index (χ0) is 24.0. The van der Waals surface area contributed by atoms with Crippen molar-refractivity contribution in [2.45, 2.75) is 20.8 Å². The number of hydrogen-bond acceptors (Lipinski definition) is 5. The predicted octanol–water partition coefficient (Wildman–Crippen LogP) is 4.24. The Bertz CT molecular complexity index is 1190. The maximum atomic E-state index is 12.2. The van der Waals surface area contributed by atoms with Crippen LogP contribution >= 0.6 is 11.6 Å². The number of hydrogen-bond donors (Lipinski definition) is 2. The molecule has 1 heterocycles. The summed E-state index contributed by atoms with van der Waals surface area (Å²) in [5, 5.41) is 6.79. The van der Waals surface area contributed by atoms with E-state index in [0.29, 0.717) is 17.4 Å². The van der Waals surface area contributed by atoms with E-state index in [1.54, 1.807) is 12.1 Å². The molecule has 0 radical (unpaired) electrons. The third-order valence-electron chi connectivity index (χ3n) is 4.86. The van der Waals surface area contributed by atoms with Crippen molar-refractivity contribution in [1.82, 2.24) is 9.99 Å². The molecule has 0 atom stereocenters. The molecule has 3 aromatic rings. The lowest BCUT2D eigenvalue weighted by molar-refractivity contribution is -0.136. The minimum Gasteiger partial charge on any atom is -0.495 e. The summed E-state index contributed by atoms with van der Waals surface area (Å²) in [6.07, 6.45) is 1.50. The number of hydrazone groups is 1. The highest BCUT2D eigenvalue weighted by Crippen LogP contribution is 2.27. The Hall–Kier alpha value is -3.78. The van der Waals surface area contributed by atoms with Crippen LogP contribution in [0.5, 0.6) is 11.5 Å².